The van der Waals surface area contributed by atoms with Crippen LogP contribution in [0.3, 0.4) is 0 Å². The van der Waals surface area contributed by atoms with E-state index in [1.807, 2.05) is 0 Å². The van der Waals surface area contributed by atoms with E-state index in [1.165, 1.54) is 0 Å². The van der Waals surface area contributed by atoms with Gasteiger partial charge in [-0.15, -0.1) is 5.10 Å². The molecule has 10 heavy (non-hydrogen) atoms. The van der Waals surface area contributed by atoms with Gasteiger partial charge in [-0.2, -0.15) is 5.32 Å². The first-order valence-electron chi connectivity index (χ1n) is 2.25. The van der Waals surface area contributed by atoms with Gasteiger partial charge >= 0.3 is 6.03 Å². The Morgan fingerprint density at radius 2 is 2.60 bits per heavy atom. The topological polar surface area (TPSA) is 85.9 Å². The Morgan fingerprint density at radius 1 is 1.90 bits per heavy atom. The van der Waals surface area contributed by atoms with Crippen molar-refractivity contribution in [2.24, 2.45) is 5.73 Å². The molecule has 0 aliphatic rings. The number of rotatable bonds is 1. The van der Waals surface area contributed by atoms with Crippen molar-refractivity contribution in [2.45, 2.75) is 0 Å². The predicted molar refractivity (Wildman–Crippen MR) is 38.7 cm³/mol. The lowest BCUT2D eigenvalue weighted by Gasteiger charge is -1.84. The Morgan fingerprint density at radius 3 is 3.00 bits per heavy atom. The fourth-order valence-corrected chi connectivity index (χ4v) is 1.12. The summed E-state index contributed by atoms with van der Waals surface area (Å²) in [7, 11) is 0. The largest absolute Gasteiger partial charge is 0.350 e. The fraction of sp³-hybridized carbons (Fsp3) is 0. The first kappa shape index (κ1) is 7.16. The molecule has 53 valence electrons. The molecule has 0 aromatic carbocycles. The Labute approximate surface area is 65.3 Å². The van der Waals surface area contributed by atoms with E-state index in [1.54, 1.807) is 0 Å². The number of H-pyrrole nitrogens is 1. The maximum Gasteiger partial charge on any atom is 0.341 e. The van der Waals surface area contributed by atoms with Crippen LogP contribution >= 0.6 is 23.6 Å². The van der Waals surface area contributed by atoms with Gasteiger partial charge in [0.05, 0.1) is 0 Å². The van der Waals surface area contributed by atoms with Crippen molar-refractivity contribution in [1.82, 2.24) is 15.5 Å². The summed E-state index contributed by atoms with van der Waals surface area (Å²) in [4.78, 5) is 10.2. The van der Waals surface area contributed by atoms with Crippen LogP contribution in [0.2, 0.25) is 0 Å². The maximum absolute atomic E-state index is 10.2. The molecule has 1 aromatic rings. The van der Waals surface area contributed by atoms with E-state index in [4.69, 9.17) is 5.73 Å². The number of nitrogens with zero attached hydrogens (tertiary/aromatic N) is 2. The zero-order valence-corrected chi connectivity index (χ0v) is 6.33. The minimum absolute atomic E-state index is 0.262. The summed E-state index contributed by atoms with van der Waals surface area (Å²) in [5, 5.41) is 9.62. The number of aromatic amines is 1. The predicted octanol–water partition coefficient (Wildman–Crippen LogP) is 0.515. The number of carbonyl (C=O) groups excluding carboxylic acids is 1. The third-order valence-corrected chi connectivity index (χ3v) is 1.62. The van der Waals surface area contributed by atoms with Crippen LogP contribution in [0.5, 0.6) is 0 Å². The van der Waals surface area contributed by atoms with Gasteiger partial charge in [-0.25, -0.2) is 4.79 Å². The van der Waals surface area contributed by atoms with Crippen LogP contribution in [0, 0.1) is 3.95 Å². The van der Waals surface area contributed by atoms with Gasteiger partial charge in [0.1, 0.15) is 0 Å². The Hall–Kier alpha value is -0.950. The molecule has 0 fully saturated rings. The number of nitrogens with one attached hydrogen (secondary N) is 1. The molecule has 0 bridgehead atoms. The molecule has 0 saturated carbocycles. The molecule has 0 saturated heterocycles. The molecule has 7 heteroatoms. The van der Waals surface area contributed by atoms with E-state index in [0.717, 1.165) is 11.3 Å². The summed E-state index contributed by atoms with van der Waals surface area (Å²) in [6, 6.07) is -0.766. The lowest BCUT2D eigenvalue weighted by molar-refractivity contribution is 0.251. The maximum atomic E-state index is 10.2. The number of urea groups is 1. The SMILES string of the molecule is NC(=O)[N]c1n[nH]c(=S)s1. The number of nitrogens with two attached hydrogens (primary N) is 1. The monoisotopic (exact) mass is 175 g/mol. The lowest BCUT2D eigenvalue weighted by atomic mass is 11.0. The zero-order valence-electron chi connectivity index (χ0n) is 4.70. The summed E-state index contributed by atoms with van der Waals surface area (Å²) in [5.74, 6) is 0. The average molecular weight is 175 g/mol. The van der Waals surface area contributed by atoms with Crippen molar-refractivity contribution in [3.05, 3.63) is 3.95 Å². The molecule has 0 aliphatic carbocycles. The van der Waals surface area contributed by atoms with Crippen LogP contribution in [-0.2, 0) is 0 Å². The highest BCUT2D eigenvalue weighted by Crippen LogP contribution is 2.09. The van der Waals surface area contributed by atoms with Crippen LogP contribution in [0.1, 0.15) is 0 Å². The highest BCUT2D eigenvalue weighted by atomic mass is 32.1. The summed E-state index contributed by atoms with van der Waals surface area (Å²) in [6.45, 7) is 0. The quantitative estimate of drug-likeness (QED) is 0.610. The number of aromatic nitrogens is 2. The van der Waals surface area contributed by atoms with E-state index in [0.29, 0.717) is 3.95 Å². The highest BCUT2D eigenvalue weighted by molar-refractivity contribution is 7.73. The van der Waals surface area contributed by atoms with Crippen molar-refractivity contribution in [2.75, 3.05) is 0 Å². The molecule has 0 atom stereocenters. The van der Waals surface area contributed by atoms with Gasteiger partial charge in [0.15, 0.2) is 3.95 Å². The van der Waals surface area contributed by atoms with Gasteiger partial charge in [-0.1, -0.05) is 11.3 Å². The Kier molecular flexibility index (Phi) is 1.97. The first-order chi connectivity index (χ1) is 4.68. The van der Waals surface area contributed by atoms with Gasteiger partial charge in [0.2, 0.25) is 5.13 Å². The molecule has 3 N–H and O–H groups in total. The van der Waals surface area contributed by atoms with E-state index in [9.17, 15) is 4.79 Å². The van der Waals surface area contributed by atoms with Crippen LogP contribution in [-0.4, -0.2) is 16.2 Å². The molecule has 5 nitrogen and oxygen atoms in total. The normalized spacial score (nSPS) is 9.20. The van der Waals surface area contributed by atoms with Crippen LogP contribution in [0.25, 0.3) is 0 Å². The minimum Gasteiger partial charge on any atom is -0.350 e. The van der Waals surface area contributed by atoms with Gasteiger partial charge in [0, 0.05) is 0 Å². The smallest absolute Gasteiger partial charge is 0.341 e. The molecule has 1 radical (unpaired) electrons. The van der Waals surface area contributed by atoms with Gasteiger partial charge in [-0.3, -0.25) is 5.10 Å². The summed E-state index contributed by atoms with van der Waals surface area (Å²) < 4.78 is 0.472. The number of amides is 2. The minimum atomic E-state index is -0.766. The van der Waals surface area contributed by atoms with Crippen molar-refractivity contribution in [1.29, 1.82) is 0 Å². The molecular weight excluding hydrogens is 172 g/mol. The standard InChI is InChI=1S/C3H3N4OS2/c4-1(8)5-2-6-7-3(9)10-2/h(H2,4,8)(H,7,9). The molecule has 0 unspecified atom stereocenters. The third-order valence-electron chi connectivity index (χ3n) is 0.633. The molecule has 2 amide bonds. The third kappa shape index (κ3) is 1.78. The van der Waals surface area contributed by atoms with Gasteiger partial charge in [-0.05, 0) is 12.2 Å². The number of hydrogen-bond acceptors (Lipinski definition) is 4. The van der Waals surface area contributed by atoms with Crippen molar-refractivity contribution in [3.63, 3.8) is 0 Å². The van der Waals surface area contributed by atoms with Crippen LogP contribution in [0.15, 0.2) is 0 Å². The van der Waals surface area contributed by atoms with Crippen LogP contribution in [0.4, 0.5) is 9.93 Å². The van der Waals surface area contributed by atoms with Crippen LogP contribution < -0.4 is 11.1 Å². The van der Waals surface area contributed by atoms with Gasteiger partial charge < -0.3 is 5.73 Å². The molecule has 1 rings (SSSR count). The van der Waals surface area contributed by atoms with E-state index in [-0.39, 0.29) is 5.13 Å². The Balaban J connectivity index is 2.76. The average Bonchev–Trinajstić information content (AvgIpc) is 2.13. The fourth-order valence-electron chi connectivity index (χ4n) is 0.364. The molecule has 1 heterocycles. The molecular formula is C3H3N4OS2. The molecule has 1 aromatic heterocycles. The second-order valence-electron chi connectivity index (χ2n) is 1.35. The van der Waals surface area contributed by atoms with Crippen molar-refractivity contribution < 1.29 is 4.79 Å². The number of hydrogen-bond donors (Lipinski definition) is 2. The lowest BCUT2D eigenvalue weighted by Crippen LogP contribution is -2.17. The first-order valence-corrected chi connectivity index (χ1v) is 3.47. The second kappa shape index (κ2) is 2.76. The number of carbonyl (C=O) groups is 1. The zero-order chi connectivity index (χ0) is 7.56. The molecule has 0 aliphatic heterocycles. The van der Waals surface area contributed by atoms with Gasteiger partial charge in [0.25, 0.3) is 0 Å². The summed E-state index contributed by atoms with van der Waals surface area (Å²) in [5.41, 5.74) is 4.75. The van der Waals surface area contributed by atoms with E-state index in [2.05, 4.69) is 27.7 Å². The summed E-state index contributed by atoms with van der Waals surface area (Å²) >= 11 is 5.77. The summed E-state index contributed by atoms with van der Waals surface area (Å²) in [6.07, 6.45) is 0. The second-order valence-corrected chi connectivity index (χ2v) is 2.99. The highest BCUT2D eigenvalue weighted by Gasteiger charge is 2.00. The van der Waals surface area contributed by atoms with E-state index < -0.39 is 6.03 Å². The van der Waals surface area contributed by atoms with Crippen molar-refractivity contribution in [3.8, 4) is 0 Å². The Bertz CT molecular complexity index is 289. The number of primary amides is 1. The molecule has 0 spiro atoms. The van der Waals surface area contributed by atoms with Crippen molar-refractivity contribution >= 4 is 34.7 Å². The van der Waals surface area contributed by atoms with E-state index >= 15 is 0 Å².